The zero-order chi connectivity index (χ0) is 24.2. The van der Waals surface area contributed by atoms with Gasteiger partial charge in [0.15, 0.2) is 0 Å². The van der Waals surface area contributed by atoms with E-state index in [-0.39, 0.29) is 10.8 Å². The molecule has 1 amide bonds. The molecular formula is C25H33BrN2O4S. The van der Waals surface area contributed by atoms with Crippen LogP contribution in [0.25, 0.3) is 0 Å². The summed E-state index contributed by atoms with van der Waals surface area (Å²) in [5, 5.41) is 0. The molecule has 2 aromatic carbocycles. The van der Waals surface area contributed by atoms with E-state index in [2.05, 4.69) is 28.1 Å². The molecule has 0 aliphatic carbocycles. The van der Waals surface area contributed by atoms with Crippen molar-refractivity contribution in [3.05, 3.63) is 58.1 Å². The number of nitrogens with zero attached hydrogens (tertiary/aromatic N) is 2. The van der Waals surface area contributed by atoms with Gasteiger partial charge in [-0.05, 0) is 68.1 Å². The van der Waals surface area contributed by atoms with E-state index >= 15 is 0 Å². The summed E-state index contributed by atoms with van der Waals surface area (Å²) in [4.78, 5) is 15.2. The predicted molar refractivity (Wildman–Crippen MR) is 134 cm³/mol. The molecule has 0 atom stereocenters. The molecule has 1 aliphatic heterocycles. The maximum absolute atomic E-state index is 13.2. The predicted octanol–water partition coefficient (Wildman–Crippen LogP) is 4.78. The number of hydrogen-bond donors (Lipinski definition) is 0. The molecule has 0 spiro atoms. The Labute approximate surface area is 206 Å². The molecular weight excluding hydrogens is 504 g/mol. The van der Waals surface area contributed by atoms with Crippen molar-refractivity contribution in [2.45, 2.75) is 45.4 Å². The van der Waals surface area contributed by atoms with E-state index in [0.29, 0.717) is 39.2 Å². The van der Waals surface area contributed by atoms with Crippen LogP contribution in [0.3, 0.4) is 0 Å². The van der Waals surface area contributed by atoms with E-state index in [9.17, 15) is 13.2 Å². The molecule has 0 aromatic heterocycles. The van der Waals surface area contributed by atoms with Gasteiger partial charge >= 0.3 is 0 Å². The first kappa shape index (κ1) is 25.7. The number of hydrogen-bond acceptors (Lipinski definition) is 4. The van der Waals surface area contributed by atoms with Crippen LogP contribution in [0.5, 0.6) is 5.75 Å². The average molecular weight is 538 g/mol. The molecule has 180 valence electrons. The average Bonchev–Trinajstić information content (AvgIpc) is 2.78. The molecule has 3 rings (SSSR count). The minimum absolute atomic E-state index is 0.0647. The van der Waals surface area contributed by atoms with Gasteiger partial charge in [-0.2, -0.15) is 4.31 Å². The Kier molecular flexibility index (Phi) is 8.24. The molecule has 6 nitrogen and oxygen atoms in total. The Morgan fingerprint density at radius 2 is 1.67 bits per heavy atom. The summed E-state index contributed by atoms with van der Waals surface area (Å²) >= 11 is 3.33. The molecule has 0 unspecified atom stereocenters. The molecule has 2 aromatic rings. The van der Waals surface area contributed by atoms with Gasteiger partial charge in [0.25, 0.3) is 0 Å². The summed E-state index contributed by atoms with van der Waals surface area (Å²) in [7, 11) is -3.56. The van der Waals surface area contributed by atoms with Crippen LogP contribution in [0.4, 0.5) is 0 Å². The SMILES string of the molecule is Cc1ccc(C)c(OCCCC(C)(C)C(=O)N2CCN(S(=O)(=O)c3ccc(Br)cc3)CC2)c1. The van der Waals surface area contributed by atoms with E-state index < -0.39 is 15.4 Å². The third-order valence-electron chi connectivity index (χ3n) is 6.10. The molecule has 0 radical (unpaired) electrons. The largest absolute Gasteiger partial charge is 0.493 e. The summed E-state index contributed by atoms with van der Waals surface area (Å²) in [5.74, 6) is 0.956. The second-order valence-corrected chi connectivity index (χ2v) is 12.1. The number of sulfonamides is 1. The lowest BCUT2D eigenvalue weighted by Crippen LogP contribution is -2.53. The van der Waals surface area contributed by atoms with Gasteiger partial charge in [0.1, 0.15) is 5.75 Å². The van der Waals surface area contributed by atoms with Gasteiger partial charge in [0.2, 0.25) is 15.9 Å². The Morgan fingerprint density at radius 1 is 1.03 bits per heavy atom. The van der Waals surface area contributed by atoms with Gasteiger partial charge in [0, 0.05) is 36.1 Å². The van der Waals surface area contributed by atoms with Crippen molar-refractivity contribution < 1.29 is 17.9 Å². The highest BCUT2D eigenvalue weighted by Gasteiger charge is 2.35. The smallest absolute Gasteiger partial charge is 0.243 e. The highest BCUT2D eigenvalue weighted by Crippen LogP contribution is 2.28. The van der Waals surface area contributed by atoms with Gasteiger partial charge in [0.05, 0.1) is 11.5 Å². The van der Waals surface area contributed by atoms with Gasteiger partial charge in [-0.25, -0.2) is 8.42 Å². The molecule has 0 saturated carbocycles. The minimum atomic E-state index is -3.56. The molecule has 8 heteroatoms. The molecule has 1 fully saturated rings. The molecule has 0 bridgehead atoms. The van der Waals surface area contributed by atoms with E-state index in [0.717, 1.165) is 27.8 Å². The zero-order valence-electron chi connectivity index (χ0n) is 19.8. The molecule has 1 aliphatic rings. The number of amides is 1. The van der Waals surface area contributed by atoms with Crippen LogP contribution in [0.15, 0.2) is 51.8 Å². The van der Waals surface area contributed by atoms with Crippen molar-refractivity contribution in [3.63, 3.8) is 0 Å². The van der Waals surface area contributed by atoms with Crippen LogP contribution in [0, 0.1) is 19.3 Å². The van der Waals surface area contributed by atoms with Crippen molar-refractivity contribution in [1.82, 2.24) is 9.21 Å². The van der Waals surface area contributed by atoms with Crippen molar-refractivity contribution in [3.8, 4) is 5.75 Å². The summed E-state index contributed by atoms with van der Waals surface area (Å²) in [6.07, 6.45) is 1.47. The molecule has 1 saturated heterocycles. The standard InChI is InChI=1S/C25H33BrN2O4S/c1-19-6-7-20(2)23(18-19)32-17-5-12-25(3,4)24(29)27-13-15-28(16-14-27)33(30,31)22-10-8-21(26)9-11-22/h6-11,18H,5,12-17H2,1-4H3. The van der Waals surface area contributed by atoms with Gasteiger partial charge in [-0.15, -0.1) is 0 Å². The van der Waals surface area contributed by atoms with E-state index in [4.69, 9.17) is 4.74 Å². The van der Waals surface area contributed by atoms with E-state index in [1.54, 1.807) is 29.2 Å². The number of halogens is 1. The first-order valence-electron chi connectivity index (χ1n) is 11.3. The molecule has 1 heterocycles. The molecule has 33 heavy (non-hydrogen) atoms. The van der Waals surface area contributed by atoms with Crippen molar-refractivity contribution in [1.29, 1.82) is 0 Å². The lowest BCUT2D eigenvalue weighted by molar-refractivity contribution is -0.142. The first-order valence-corrected chi connectivity index (χ1v) is 13.5. The summed E-state index contributed by atoms with van der Waals surface area (Å²) in [6.45, 7) is 9.94. The number of ether oxygens (including phenoxy) is 1. The van der Waals surface area contributed by atoms with Crippen LogP contribution in [0.1, 0.15) is 37.8 Å². The van der Waals surface area contributed by atoms with E-state index in [1.807, 2.05) is 33.8 Å². The number of carbonyl (C=O) groups excluding carboxylic acids is 1. The number of piperazine rings is 1. The van der Waals surface area contributed by atoms with Gasteiger partial charge in [-0.1, -0.05) is 41.9 Å². The van der Waals surface area contributed by atoms with E-state index in [1.165, 1.54) is 4.31 Å². The maximum atomic E-state index is 13.2. The second-order valence-electron chi connectivity index (χ2n) is 9.26. The number of carbonyl (C=O) groups is 1. The van der Waals surface area contributed by atoms with Crippen LogP contribution < -0.4 is 4.74 Å². The monoisotopic (exact) mass is 536 g/mol. The van der Waals surface area contributed by atoms with Crippen molar-refractivity contribution >= 4 is 31.9 Å². The normalized spacial score (nSPS) is 15.5. The summed E-state index contributed by atoms with van der Waals surface area (Å²) in [5.41, 5.74) is 1.73. The van der Waals surface area contributed by atoms with Crippen molar-refractivity contribution in [2.75, 3.05) is 32.8 Å². The van der Waals surface area contributed by atoms with Crippen LogP contribution in [0.2, 0.25) is 0 Å². The maximum Gasteiger partial charge on any atom is 0.243 e. The Morgan fingerprint density at radius 3 is 2.30 bits per heavy atom. The lowest BCUT2D eigenvalue weighted by atomic mass is 9.86. The fraction of sp³-hybridized carbons (Fsp3) is 0.480. The minimum Gasteiger partial charge on any atom is -0.493 e. The fourth-order valence-corrected chi connectivity index (χ4v) is 5.67. The Hall–Kier alpha value is -1.90. The summed E-state index contributed by atoms with van der Waals surface area (Å²) in [6, 6.07) is 12.8. The quantitative estimate of drug-likeness (QED) is 0.455. The second kappa shape index (κ2) is 10.6. The lowest BCUT2D eigenvalue weighted by Gasteiger charge is -2.38. The third kappa shape index (κ3) is 6.37. The highest BCUT2D eigenvalue weighted by molar-refractivity contribution is 9.10. The summed E-state index contributed by atoms with van der Waals surface area (Å²) < 4.78 is 34.0. The van der Waals surface area contributed by atoms with Crippen LogP contribution >= 0.6 is 15.9 Å². The van der Waals surface area contributed by atoms with Gasteiger partial charge < -0.3 is 9.64 Å². The Bertz CT molecular complexity index is 1080. The zero-order valence-corrected chi connectivity index (χ0v) is 22.2. The molecule has 0 N–H and O–H groups in total. The number of aryl methyl sites for hydroxylation is 2. The third-order valence-corrected chi connectivity index (χ3v) is 8.55. The van der Waals surface area contributed by atoms with Gasteiger partial charge in [-0.3, -0.25) is 4.79 Å². The first-order chi connectivity index (χ1) is 15.5. The number of rotatable bonds is 8. The van der Waals surface area contributed by atoms with Crippen molar-refractivity contribution in [2.24, 2.45) is 5.41 Å². The van der Waals surface area contributed by atoms with Crippen LogP contribution in [-0.4, -0.2) is 56.3 Å². The number of benzene rings is 2. The fourth-order valence-electron chi connectivity index (χ4n) is 3.98. The topological polar surface area (TPSA) is 66.9 Å². The highest BCUT2D eigenvalue weighted by atomic mass is 79.9. The van der Waals surface area contributed by atoms with Crippen LogP contribution in [-0.2, 0) is 14.8 Å². The Balaban J connectivity index is 1.50.